The molecular formula is C22H21FN6O3. The SMILES string of the molecule is C=C/C(F)=C(\C(=C/C)OC)n1c(=O)n(C)c2cnc3cc(OC)c(-c4cnn[nH]4)cc3c21. The predicted octanol–water partition coefficient (Wildman–Crippen LogP) is 3.56. The number of rotatable bonds is 6. The molecule has 0 saturated carbocycles. The molecule has 0 atom stereocenters. The molecule has 1 N–H and O–H groups in total. The van der Waals surface area contributed by atoms with Gasteiger partial charge >= 0.3 is 5.69 Å². The quantitative estimate of drug-likeness (QED) is 0.367. The van der Waals surface area contributed by atoms with Gasteiger partial charge in [-0.05, 0) is 25.1 Å². The zero-order chi connectivity index (χ0) is 23.0. The molecular weight excluding hydrogens is 415 g/mol. The van der Waals surface area contributed by atoms with Gasteiger partial charge in [-0.3, -0.25) is 19.2 Å². The fraction of sp³-hybridized carbons (Fsp3) is 0.182. The maximum Gasteiger partial charge on any atom is 0.333 e. The molecule has 0 aliphatic rings. The molecule has 0 aliphatic heterocycles. The number of aromatic nitrogens is 6. The van der Waals surface area contributed by atoms with Gasteiger partial charge in [0.1, 0.15) is 17.2 Å². The van der Waals surface area contributed by atoms with Gasteiger partial charge in [-0.2, -0.15) is 0 Å². The average molecular weight is 436 g/mol. The van der Waals surface area contributed by atoms with Gasteiger partial charge in [-0.25, -0.2) is 9.18 Å². The minimum Gasteiger partial charge on any atom is -0.496 e. The molecule has 0 bridgehead atoms. The van der Waals surface area contributed by atoms with Crippen LogP contribution >= 0.6 is 0 Å². The van der Waals surface area contributed by atoms with Crippen LogP contribution in [-0.4, -0.2) is 43.7 Å². The molecule has 0 spiro atoms. The number of ether oxygens (including phenoxy) is 2. The van der Waals surface area contributed by atoms with E-state index < -0.39 is 11.5 Å². The van der Waals surface area contributed by atoms with Gasteiger partial charge < -0.3 is 9.47 Å². The lowest BCUT2D eigenvalue weighted by atomic mass is 10.1. The zero-order valence-electron chi connectivity index (χ0n) is 18.0. The van der Waals surface area contributed by atoms with E-state index in [0.717, 1.165) is 6.08 Å². The molecule has 32 heavy (non-hydrogen) atoms. The van der Waals surface area contributed by atoms with E-state index in [4.69, 9.17) is 9.47 Å². The first-order valence-electron chi connectivity index (χ1n) is 9.64. The Morgan fingerprint density at radius 1 is 1.28 bits per heavy atom. The number of H-pyrrole nitrogens is 1. The summed E-state index contributed by atoms with van der Waals surface area (Å²) in [5, 5.41) is 11.0. The van der Waals surface area contributed by atoms with Gasteiger partial charge in [0.05, 0.1) is 48.9 Å². The number of hydrogen-bond acceptors (Lipinski definition) is 6. The normalized spacial score (nSPS) is 12.8. The smallest absolute Gasteiger partial charge is 0.333 e. The van der Waals surface area contributed by atoms with Crippen LogP contribution in [-0.2, 0) is 11.8 Å². The van der Waals surface area contributed by atoms with Crippen molar-refractivity contribution in [1.29, 1.82) is 0 Å². The van der Waals surface area contributed by atoms with Crippen LogP contribution in [0.25, 0.3) is 38.9 Å². The summed E-state index contributed by atoms with van der Waals surface area (Å²) in [6, 6.07) is 3.55. The Balaban J connectivity index is 2.22. The lowest BCUT2D eigenvalue weighted by Gasteiger charge is -2.14. The fourth-order valence-electron chi connectivity index (χ4n) is 3.72. The molecule has 4 aromatic rings. The zero-order valence-corrected chi connectivity index (χ0v) is 18.0. The third-order valence-corrected chi connectivity index (χ3v) is 5.25. The van der Waals surface area contributed by atoms with E-state index in [0.29, 0.717) is 38.9 Å². The number of pyridine rings is 1. The number of aryl methyl sites for hydroxylation is 1. The topological polar surface area (TPSA) is 99.8 Å². The predicted molar refractivity (Wildman–Crippen MR) is 120 cm³/mol. The van der Waals surface area contributed by atoms with Crippen LogP contribution in [0.5, 0.6) is 5.75 Å². The Hall–Kier alpha value is -4.21. The lowest BCUT2D eigenvalue weighted by molar-refractivity contribution is 0.305. The van der Waals surface area contributed by atoms with Crippen LogP contribution < -0.4 is 10.4 Å². The van der Waals surface area contributed by atoms with Crippen LogP contribution in [0.15, 0.2) is 59.6 Å². The maximum atomic E-state index is 15.1. The molecule has 164 valence electrons. The van der Waals surface area contributed by atoms with E-state index in [1.165, 1.54) is 16.2 Å². The van der Waals surface area contributed by atoms with Gasteiger partial charge in [-0.1, -0.05) is 11.8 Å². The molecule has 1 aromatic carbocycles. The summed E-state index contributed by atoms with van der Waals surface area (Å²) in [5.74, 6) is 0.0266. The molecule has 10 heteroatoms. The number of allylic oxidation sites excluding steroid dienone is 4. The van der Waals surface area contributed by atoms with Crippen molar-refractivity contribution < 1.29 is 13.9 Å². The Labute approximate surface area is 182 Å². The number of nitrogens with zero attached hydrogens (tertiary/aromatic N) is 5. The standard InChI is InChI=1S/C22H21FN6O3/c1-6-14(23)21(18(7-2)31-4)29-20-13-8-12(16-10-25-27-26-16)19(32-5)9-15(13)24-11-17(20)28(3)22(29)30/h6-11H,1H2,2-5H3,(H,25,26,27)/b18-7+,21-14-. The van der Waals surface area contributed by atoms with Crippen LogP contribution in [0.3, 0.4) is 0 Å². The second-order valence-corrected chi connectivity index (χ2v) is 6.87. The Kier molecular flexibility index (Phi) is 5.35. The minimum absolute atomic E-state index is 0.0475. The summed E-state index contributed by atoms with van der Waals surface area (Å²) in [6.45, 7) is 5.22. The van der Waals surface area contributed by atoms with Crippen LogP contribution in [0.2, 0.25) is 0 Å². The number of imidazole rings is 1. The van der Waals surface area contributed by atoms with Gasteiger partial charge in [0.2, 0.25) is 0 Å². The first kappa shape index (κ1) is 21.0. The third kappa shape index (κ3) is 3.08. The minimum atomic E-state index is -0.703. The van der Waals surface area contributed by atoms with E-state index in [-0.39, 0.29) is 11.5 Å². The lowest BCUT2D eigenvalue weighted by Crippen LogP contribution is -2.23. The largest absolute Gasteiger partial charge is 0.496 e. The fourth-order valence-corrected chi connectivity index (χ4v) is 3.72. The highest BCUT2D eigenvalue weighted by Crippen LogP contribution is 2.36. The summed E-state index contributed by atoms with van der Waals surface area (Å²) in [6.07, 6.45) is 5.74. The monoisotopic (exact) mass is 436 g/mol. The molecule has 4 rings (SSSR count). The summed E-state index contributed by atoms with van der Waals surface area (Å²) >= 11 is 0. The van der Waals surface area contributed by atoms with E-state index in [9.17, 15) is 4.79 Å². The molecule has 0 saturated heterocycles. The van der Waals surface area contributed by atoms with Gasteiger partial charge in [-0.15, -0.1) is 5.10 Å². The first-order chi connectivity index (χ1) is 15.5. The Morgan fingerprint density at radius 3 is 2.66 bits per heavy atom. The highest BCUT2D eigenvalue weighted by molar-refractivity contribution is 6.06. The number of halogens is 1. The number of hydrogen-bond donors (Lipinski definition) is 1. The average Bonchev–Trinajstić information content (AvgIpc) is 3.44. The van der Waals surface area contributed by atoms with Crippen molar-refractivity contribution in [2.24, 2.45) is 7.05 Å². The number of methoxy groups -OCH3 is 2. The van der Waals surface area contributed by atoms with E-state index in [1.54, 1.807) is 51.7 Å². The summed E-state index contributed by atoms with van der Waals surface area (Å²) in [5.41, 5.74) is 2.30. The van der Waals surface area contributed by atoms with E-state index >= 15 is 4.39 Å². The van der Waals surface area contributed by atoms with Crippen molar-refractivity contribution in [1.82, 2.24) is 29.5 Å². The second kappa shape index (κ2) is 8.14. The Bertz CT molecular complexity index is 1460. The molecule has 0 aliphatic carbocycles. The second-order valence-electron chi connectivity index (χ2n) is 6.87. The van der Waals surface area contributed by atoms with Crippen LogP contribution in [0.1, 0.15) is 6.92 Å². The number of aromatic amines is 1. The van der Waals surface area contributed by atoms with Crippen molar-refractivity contribution in [2.75, 3.05) is 14.2 Å². The highest BCUT2D eigenvalue weighted by Gasteiger charge is 2.24. The molecule has 0 amide bonds. The van der Waals surface area contributed by atoms with Crippen molar-refractivity contribution >= 4 is 27.6 Å². The number of benzene rings is 1. The molecule has 3 aromatic heterocycles. The number of nitrogens with one attached hydrogen (secondary N) is 1. The van der Waals surface area contributed by atoms with E-state index in [2.05, 4.69) is 27.0 Å². The summed E-state index contributed by atoms with van der Waals surface area (Å²) in [7, 11) is 4.56. The van der Waals surface area contributed by atoms with Gasteiger partial charge in [0.25, 0.3) is 0 Å². The molecule has 0 unspecified atom stereocenters. The summed E-state index contributed by atoms with van der Waals surface area (Å²) in [4.78, 5) is 17.8. The molecule has 9 nitrogen and oxygen atoms in total. The molecule has 3 heterocycles. The van der Waals surface area contributed by atoms with Crippen molar-refractivity contribution in [3.8, 4) is 17.0 Å². The van der Waals surface area contributed by atoms with Crippen molar-refractivity contribution in [3.05, 3.63) is 65.3 Å². The van der Waals surface area contributed by atoms with E-state index in [1.807, 2.05) is 0 Å². The maximum absolute atomic E-state index is 15.1. The Morgan fingerprint density at radius 2 is 2.06 bits per heavy atom. The van der Waals surface area contributed by atoms with Crippen LogP contribution in [0.4, 0.5) is 4.39 Å². The molecule has 0 radical (unpaired) electrons. The first-order valence-corrected chi connectivity index (χ1v) is 9.64. The van der Waals surface area contributed by atoms with Crippen LogP contribution in [0, 0.1) is 0 Å². The molecule has 0 fully saturated rings. The third-order valence-electron chi connectivity index (χ3n) is 5.25. The van der Waals surface area contributed by atoms with Crippen molar-refractivity contribution in [3.63, 3.8) is 0 Å². The highest BCUT2D eigenvalue weighted by atomic mass is 19.1. The number of fused-ring (bicyclic) bond motifs is 3. The van der Waals surface area contributed by atoms with Gasteiger partial charge in [0, 0.05) is 24.1 Å². The van der Waals surface area contributed by atoms with Gasteiger partial charge in [0.15, 0.2) is 5.83 Å². The van der Waals surface area contributed by atoms with Crippen molar-refractivity contribution in [2.45, 2.75) is 6.92 Å². The summed E-state index contributed by atoms with van der Waals surface area (Å²) < 4.78 is 28.6.